The third-order valence-corrected chi connectivity index (χ3v) is 6.57. The molecule has 3 heterocycles. The minimum atomic E-state index is -1.58. The summed E-state index contributed by atoms with van der Waals surface area (Å²) < 4.78 is 5.80. The molecule has 1 spiro atoms. The molecule has 166 valence electrons. The van der Waals surface area contributed by atoms with Crippen LogP contribution in [0.3, 0.4) is 0 Å². The molecule has 3 aliphatic rings. The van der Waals surface area contributed by atoms with Crippen LogP contribution in [0.1, 0.15) is 30.9 Å². The number of fused-ring (bicyclic) bond motifs is 3. The van der Waals surface area contributed by atoms with Crippen LogP contribution in [-0.4, -0.2) is 29.8 Å². The van der Waals surface area contributed by atoms with E-state index in [1.54, 1.807) is 9.80 Å². The number of benzene rings is 2. The van der Waals surface area contributed by atoms with Gasteiger partial charge in [0.05, 0.1) is 12.1 Å². The van der Waals surface area contributed by atoms with Gasteiger partial charge in [-0.05, 0) is 18.1 Å². The number of carbonyl (C=O) groups is 2. The van der Waals surface area contributed by atoms with Crippen LogP contribution in [0.5, 0.6) is 0 Å². The number of anilines is 1. The minimum Gasteiger partial charge on any atom is -0.442 e. The third-order valence-electron chi connectivity index (χ3n) is 6.57. The summed E-state index contributed by atoms with van der Waals surface area (Å²) in [5.41, 5.74) is 7.09. The summed E-state index contributed by atoms with van der Waals surface area (Å²) >= 11 is 0. The van der Waals surface area contributed by atoms with Crippen molar-refractivity contribution < 1.29 is 14.3 Å². The van der Waals surface area contributed by atoms with Crippen LogP contribution < -0.4 is 10.6 Å². The molecule has 0 saturated carbocycles. The van der Waals surface area contributed by atoms with Crippen LogP contribution in [0, 0.1) is 11.3 Å². The van der Waals surface area contributed by atoms with Crippen molar-refractivity contribution in [2.75, 3.05) is 18.0 Å². The predicted molar refractivity (Wildman–Crippen MR) is 122 cm³/mol. The number of ether oxygens (including phenoxy) is 1. The maximum atomic E-state index is 14.1. The molecule has 1 unspecified atom stereocenters. The molecule has 3 aliphatic heterocycles. The molecule has 0 aromatic heterocycles. The van der Waals surface area contributed by atoms with Crippen molar-refractivity contribution in [1.29, 1.82) is 5.26 Å². The van der Waals surface area contributed by atoms with E-state index in [4.69, 9.17) is 10.5 Å². The number of carbonyl (C=O) groups excluding carboxylic acids is 2. The molecule has 7 heteroatoms. The first-order chi connectivity index (χ1) is 16.0. The molecule has 2 aromatic carbocycles. The summed E-state index contributed by atoms with van der Waals surface area (Å²) in [7, 11) is 0. The Bertz CT molecular complexity index is 1260. The maximum Gasteiger partial charge on any atom is 0.255 e. The van der Waals surface area contributed by atoms with Crippen molar-refractivity contribution in [3.63, 3.8) is 0 Å². The normalized spacial score (nSPS) is 21.5. The summed E-state index contributed by atoms with van der Waals surface area (Å²) in [6, 6.07) is 19.1. The van der Waals surface area contributed by atoms with Crippen molar-refractivity contribution in [2.45, 2.75) is 31.7 Å². The highest BCUT2D eigenvalue weighted by molar-refractivity contribution is 6.20. The van der Waals surface area contributed by atoms with E-state index in [9.17, 15) is 14.9 Å². The Balaban J connectivity index is 1.66. The van der Waals surface area contributed by atoms with Crippen molar-refractivity contribution in [2.24, 2.45) is 5.73 Å². The topological polar surface area (TPSA) is 99.7 Å². The first kappa shape index (κ1) is 20.8. The third kappa shape index (κ3) is 2.87. The first-order valence-electron chi connectivity index (χ1n) is 11.1. The minimum absolute atomic E-state index is 0.0207. The van der Waals surface area contributed by atoms with E-state index in [-0.39, 0.29) is 35.4 Å². The van der Waals surface area contributed by atoms with Gasteiger partial charge in [0.15, 0.2) is 5.41 Å². The SMILES string of the molecule is CCCCN1C(=O)C2(C(C#N)=C(N)OC3=C2C(=O)N(Cc2ccccc2)C3)c2ccccc21. The van der Waals surface area contributed by atoms with Gasteiger partial charge in [-0.3, -0.25) is 9.59 Å². The van der Waals surface area contributed by atoms with Crippen LogP contribution in [0.4, 0.5) is 5.69 Å². The fraction of sp³-hybridized carbons (Fsp3) is 0.269. The number of hydrogen-bond acceptors (Lipinski definition) is 5. The number of para-hydroxylation sites is 1. The van der Waals surface area contributed by atoms with Gasteiger partial charge in [-0.1, -0.05) is 61.9 Å². The smallest absolute Gasteiger partial charge is 0.255 e. The second-order valence-corrected chi connectivity index (χ2v) is 8.48. The number of nitrogens with two attached hydrogens (primary N) is 1. The molecule has 0 fully saturated rings. The number of nitriles is 1. The zero-order valence-electron chi connectivity index (χ0n) is 18.4. The van der Waals surface area contributed by atoms with Crippen LogP contribution in [-0.2, 0) is 26.3 Å². The Morgan fingerprint density at radius 3 is 2.58 bits per heavy atom. The number of unbranched alkanes of at least 4 members (excludes halogenated alkanes) is 1. The maximum absolute atomic E-state index is 14.1. The number of amides is 2. The monoisotopic (exact) mass is 440 g/mol. The molecule has 0 radical (unpaired) electrons. The first-order valence-corrected chi connectivity index (χ1v) is 11.1. The predicted octanol–water partition coefficient (Wildman–Crippen LogP) is 3.09. The van der Waals surface area contributed by atoms with E-state index in [0.29, 0.717) is 30.1 Å². The van der Waals surface area contributed by atoms with Crippen molar-refractivity contribution in [3.8, 4) is 6.07 Å². The zero-order valence-corrected chi connectivity index (χ0v) is 18.4. The van der Waals surface area contributed by atoms with Crippen molar-refractivity contribution in [3.05, 3.63) is 88.5 Å². The van der Waals surface area contributed by atoms with Gasteiger partial charge in [0, 0.05) is 24.3 Å². The molecule has 7 nitrogen and oxygen atoms in total. The van der Waals surface area contributed by atoms with E-state index >= 15 is 0 Å². The van der Waals surface area contributed by atoms with E-state index in [1.807, 2.05) is 54.6 Å². The van der Waals surface area contributed by atoms with Gasteiger partial charge in [-0.15, -0.1) is 0 Å². The molecule has 1 atom stereocenters. The summed E-state index contributed by atoms with van der Waals surface area (Å²) in [5.74, 6) is -0.406. The Hall–Kier alpha value is -4.05. The van der Waals surface area contributed by atoms with E-state index in [1.165, 1.54) is 0 Å². The van der Waals surface area contributed by atoms with Crippen LogP contribution in [0.15, 0.2) is 77.4 Å². The van der Waals surface area contributed by atoms with Crippen LogP contribution in [0.2, 0.25) is 0 Å². The lowest BCUT2D eigenvalue weighted by Crippen LogP contribution is -2.48. The molecule has 33 heavy (non-hydrogen) atoms. The van der Waals surface area contributed by atoms with Gasteiger partial charge >= 0.3 is 0 Å². The fourth-order valence-electron chi connectivity index (χ4n) is 5.09. The lowest BCUT2D eigenvalue weighted by atomic mass is 9.68. The van der Waals surface area contributed by atoms with Crippen LogP contribution >= 0.6 is 0 Å². The molecular weight excluding hydrogens is 416 g/mol. The molecule has 0 bridgehead atoms. The Morgan fingerprint density at radius 1 is 1.12 bits per heavy atom. The standard InChI is InChI=1S/C26H24N4O3/c1-2-3-13-30-20-12-8-7-11-18(20)26(25(30)32)19(14-27)23(28)33-21-16-29(24(31)22(21)26)15-17-9-5-4-6-10-17/h4-12H,2-3,13,15-16,28H2,1H3. The second-order valence-electron chi connectivity index (χ2n) is 8.48. The molecule has 2 N–H and O–H groups in total. The summed E-state index contributed by atoms with van der Waals surface area (Å²) in [5, 5.41) is 10.1. The Labute approximate surface area is 192 Å². The van der Waals surface area contributed by atoms with Gasteiger partial charge < -0.3 is 20.3 Å². The lowest BCUT2D eigenvalue weighted by molar-refractivity contribution is -0.129. The number of hydrogen-bond donors (Lipinski definition) is 1. The van der Waals surface area contributed by atoms with Gasteiger partial charge in [0.1, 0.15) is 17.4 Å². The zero-order chi connectivity index (χ0) is 23.2. The van der Waals surface area contributed by atoms with Gasteiger partial charge in [-0.2, -0.15) is 5.26 Å². The quantitative estimate of drug-likeness (QED) is 0.770. The second kappa shape index (κ2) is 7.82. The van der Waals surface area contributed by atoms with E-state index in [2.05, 4.69) is 13.0 Å². The Kier molecular flexibility index (Phi) is 4.94. The number of rotatable bonds is 5. The molecule has 0 saturated heterocycles. The molecule has 0 aliphatic carbocycles. The number of nitrogens with zero attached hydrogens (tertiary/aromatic N) is 3. The van der Waals surface area contributed by atoms with Crippen molar-refractivity contribution in [1.82, 2.24) is 4.90 Å². The van der Waals surface area contributed by atoms with E-state index < -0.39 is 5.41 Å². The van der Waals surface area contributed by atoms with Crippen LogP contribution in [0.25, 0.3) is 0 Å². The highest BCUT2D eigenvalue weighted by atomic mass is 16.5. The van der Waals surface area contributed by atoms with Gasteiger partial charge in [0.25, 0.3) is 5.91 Å². The average Bonchev–Trinajstić information content (AvgIpc) is 3.25. The van der Waals surface area contributed by atoms with E-state index in [0.717, 1.165) is 18.4 Å². The highest BCUT2D eigenvalue weighted by Crippen LogP contribution is 2.55. The summed E-state index contributed by atoms with van der Waals surface area (Å²) in [6.07, 6.45) is 1.70. The molecule has 5 rings (SSSR count). The highest BCUT2D eigenvalue weighted by Gasteiger charge is 2.63. The molecular formula is C26H24N4O3. The Morgan fingerprint density at radius 2 is 1.85 bits per heavy atom. The summed E-state index contributed by atoms with van der Waals surface area (Å²) in [4.78, 5) is 31.3. The van der Waals surface area contributed by atoms with Crippen molar-refractivity contribution >= 4 is 17.5 Å². The van der Waals surface area contributed by atoms with Gasteiger partial charge in [-0.25, -0.2) is 0 Å². The lowest BCUT2D eigenvalue weighted by Gasteiger charge is -2.33. The largest absolute Gasteiger partial charge is 0.442 e. The summed E-state index contributed by atoms with van der Waals surface area (Å²) in [6.45, 7) is 3.11. The molecule has 2 aromatic rings. The average molecular weight is 441 g/mol. The van der Waals surface area contributed by atoms with Gasteiger partial charge in [0.2, 0.25) is 11.8 Å². The molecule has 2 amide bonds. The fourth-order valence-corrected chi connectivity index (χ4v) is 5.09.